The van der Waals surface area contributed by atoms with Crippen molar-refractivity contribution in [1.82, 2.24) is 4.68 Å². The third-order valence-corrected chi connectivity index (χ3v) is 4.58. The molecule has 1 aromatic heterocycles. The van der Waals surface area contributed by atoms with Crippen LogP contribution in [0.1, 0.15) is 5.56 Å². The Bertz CT molecular complexity index is 999. The standard InChI is InChI=1S/C23H20N2/c1-17-10-8-9-15-20(17)23-22(19-13-6-3-7-14-19)21(16-25(23)24)18-11-4-2-5-12-18/h2-16H,24H2,1H3. The van der Waals surface area contributed by atoms with Gasteiger partial charge in [0.1, 0.15) is 0 Å². The van der Waals surface area contributed by atoms with Crippen LogP contribution in [0.2, 0.25) is 0 Å². The van der Waals surface area contributed by atoms with E-state index in [4.69, 9.17) is 5.84 Å². The number of aryl methyl sites for hydroxylation is 1. The van der Waals surface area contributed by atoms with E-state index < -0.39 is 0 Å². The van der Waals surface area contributed by atoms with Crippen LogP contribution < -0.4 is 5.84 Å². The van der Waals surface area contributed by atoms with E-state index in [-0.39, 0.29) is 0 Å². The number of nitrogens with zero attached hydrogens (tertiary/aromatic N) is 1. The topological polar surface area (TPSA) is 30.9 Å². The van der Waals surface area contributed by atoms with E-state index in [1.165, 1.54) is 22.3 Å². The van der Waals surface area contributed by atoms with E-state index in [1.54, 1.807) is 4.68 Å². The van der Waals surface area contributed by atoms with Crippen LogP contribution in [0.15, 0.2) is 91.1 Å². The molecule has 0 atom stereocenters. The minimum absolute atomic E-state index is 1.04. The number of nitrogen functional groups attached to an aromatic ring is 1. The summed E-state index contributed by atoms with van der Waals surface area (Å²) >= 11 is 0. The van der Waals surface area contributed by atoms with E-state index >= 15 is 0 Å². The lowest BCUT2D eigenvalue weighted by molar-refractivity contribution is 1.03. The molecule has 0 radical (unpaired) electrons. The number of nitrogens with two attached hydrogens (primary N) is 1. The molecule has 0 bridgehead atoms. The molecule has 0 saturated heterocycles. The van der Waals surface area contributed by atoms with E-state index in [0.717, 1.165) is 16.8 Å². The van der Waals surface area contributed by atoms with Crippen LogP contribution >= 0.6 is 0 Å². The van der Waals surface area contributed by atoms with Gasteiger partial charge < -0.3 is 5.84 Å². The second kappa shape index (κ2) is 6.33. The van der Waals surface area contributed by atoms with Crippen LogP contribution in [0.5, 0.6) is 0 Å². The van der Waals surface area contributed by atoms with Crippen molar-refractivity contribution in [3.63, 3.8) is 0 Å². The van der Waals surface area contributed by atoms with Crippen molar-refractivity contribution in [2.75, 3.05) is 5.84 Å². The zero-order chi connectivity index (χ0) is 17.2. The zero-order valence-corrected chi connectivity index (χ0v) is 14.2. The van der Waals surface area contributed by atoms with Crippen molar-refractivity contribution in [2.24, 2.45) is 0 Å². The highest BCUT2D eigenvalue weighted by molar-refractivity contribution is 5.94. The van der Waals surface area contributed by atoms with E-state index in [2.05, 4.69) is 79.7 Å². The van der Waals surface area contributed by atoms with Crippen LogP contribution in [-0.2, 0) is 0 Å². The van der Waals surface area contributed by atoms with Crippen molar-refractivity contribution in [3.8, 4) is 33.5 Å². The average Bonchev–Trinajstić information content (AvgIpc) is 3.01. The molecule has 122 valence electrons. The average molecular weight is 324 g/mol. The molecule has 0 fully saturated rings. The predicted molar refractivity (Wildman–Crippen MR) is 106 cm³/mol. The highest BCUT2D eigenvalue weighted by Crippen LogP contribution is 2.41. The Morgan fingerprint density at radius 2 is 1.20 bits per heavy atom. The fraction of sp³-hybridized carbons (Fsp3) is 0.0435. The van der Waals surface area contributed by atoms with Gasteiger partial charge in [-0.15, -0.1) is 0 Å². The summed E-state index contributed by atoms with van der Waals surface area (Å²) in [6, 6.07) is 29.3. The van der Waals surface area contributed by atoms with Gasteiger partial charge in [0.25, 0.3) is 0 Å². The summed E-state index contributed by atoms with van der Waals surface area (Å²) in [5.74, 6) is 6.43. The highest BCUT2D eigenvalue weighted by atomic mass is 15.3. The first-order chi connectivity index (χ1) is 12.3. The van der Waals surface area contributed by atoms with Gasteiger partial charge in [0.2, 0.25) is 0 Å². The van der Waals surface area contributed by atoms with Gasteiger partial charge in [-0.3, -0.25) is 4.68 Å². The molecular formula is C23H20N2. The Labute approximate surface area is 148 Å². The molecule has 0 aliphatic rings. The molecule has 0 spiro atoms. The summed E-state index contributed by atoms with van der Waals surface area (Å²) in [6.07, 6.45) is 2.03. The smallest absolute Gasteiger partial charge is 0.0777 e. The minimum atomic E-state index is 1.04. The molecule has 0 saturated carbocycles. The number of benzene rings is 3. The molecule has 4 aromatic rings. The lowest BCUT2D eigenvalue weighted by Gasteiger charge is -2.12. The summed E-state index contributed by atoms with van der Waals surface area (Å²) in [7, 11) is 0. The normalized spacial score (nSPS) is 10.8. The van der Waals surface area contributed by atoms with E-state index in [9.17, 15) is 0 Å². The maximum Gasteiger partial charge on any atom is 0.0777 e. The van der Waals surface area contributed by atoms with Gasteiger partial charge in [-0.1, -0.05) is 84.9 Å². The molecule has 2 heteroatoms. The largest absolute Gasteiger partial charge is 0.339 e. The summed E-state index contributed by atoms with van der Waals surface area (Å²) in [6.45, 7) is 2.12. The maximum atomic E-state index is 6.43. The minimum Gasteiger partial charge on any atom is -0.339 e. The number of rotatable bonds is 3. The zero-order valence-electron chi connectivity index (χ0n) is 14.2. The summed E-state index contributed by atoms with van der Waals surface area (Å²) in [5.41, 5.74) is 8.07. The molecule has 1 heterocycles. The summed E-state index contributed by atoms with van der Waals surface area (Å²) in [5, 5.41) is 0. The van der Waals surface area contributed by atoms with Gasteiger partial charge in [0, 0.05) is 22.9 Å². The van der Waals surface area contributed by atoms with Crippen molar-refractivity contribution in [3.05, 3.63) is 96.7 Å². The quantitative estimate of drug-likeness (QED) is 0.495. The van der Waals surface area contributed by atoms with Gasteiger partial charge in [0.05, 0.1) is 5.69 Å². The third kappa shape index (κ3) is 2.72. The van der Waals surface area contributed by atoms with E-state index in [1.807, 2.05) is 18.3 Å². The van der Waals surface area contributed by atoms with Gasteiger partial charge in [-0.05, 0) is 23.6 Å². The van der Waals surface area contributed by atoms with Crippen LogP contribution in [0, 0.1) is 6.92 Å². The van der Waals surface area contributed by atoms with Crippen molar-refractivity contribution in [2.45, 2.75) is 6.92 Å². The third-order valence-electron chi connectivity index (χ3n) is 4.58. The van der Waals surface area contributed by atoms with Gasteiger partial charge >= 0.3 is 0 Å². The van der Waals surface area contributed by atoms with Crippen LogP contribution in [0.4, 0.5) is 0 Å². The lowest BCUT2D eigenvalue weighted by atomic mass is 9.93. The highest BCUT2D eigenvalue weighted by Gasteiger charge is 2.20. The lowest BCUT2D eigenvalue weighted by Crippen LogP contribution is -2.08. The first-order valence-electron chi connectivity index (χ1n) is 8.43. The van der Waals surface area contributed by atoms with Crippen LogP contribution in [0.25, 0.3) is 33.5 Å². The fourth-order valence-corrected chi connectivity index (χ4v) is 3.37. The molecule has 2 N–H and O–H groups in total. The number of hydrogen-bond donors (Lipinski definition) is 1. The van der Waals surface area contributed by atoms with Gasteiger partial charge in [0.15, 0.2) is 0 Å². The second-order valence-electron chi connectivity index (χ2n) is 6.22. The Morgan fingerprint density at radius 3 is 1.84 bits per heavy atom. The first-order valence-corrected chi connectivity index (χ1v) is 8.43. The van der Waals surface area contributed by atoms with E-state index in [0.29, 0.717) is 0 Å². The van der Waals surface area contributed by atoms with Gasteiger partial charge in [-0.25, -0.2) is 0 Å². The maximum absolute atomic E-state index is 6.43. The number of hydrogen-bond acceptors (Lipinski definition) is 1. The summed E-state index contributed by atoms with van der Waals surface area (Å²) < 4.78 is 1.76. The summed E-state index contributed by atoms with van der Waals surface area (Å²) in [4.78, 5) is 0. The van der Waals surface area contributed by atoms with Crippen molar-refractivity contribution < 1.29 is 0 Å². The first kappa shape index (κ1) is 15.3. The second-order valence-corrected chi connectivity index (χ2v) is 6.22. The molecular weight excluding hydrogens is 304 g/mol. The molecule has 2 nitrogen and oxygen atoms in total. The van der Waals surface area contributed by atoms with Crippen LogP contribution in [-0.4, -0.2) is 4.68 Å². The Kier molecular flexibility index (Phi) is 3.87. The Hall–Kier alpha value is -3.26. The van der Waals surface area contributed by atoms with Gasteiger partial charge in [-0.2, -0.15) is 0 Å². The molecule has 0 unspecified atom stereocenters. The molecule has 0 aliphatic carbocycles. The Balaban J connectivity index is 2.06. The van der Waals surface area contributed by atoms with Crippen molar-refractivity contribution >= 4 is 0 Å². The fourth-order valence-electron chi connectivity index (χ4n) is 3.37. The SMILES string of the molecule is Cc1ccccc1-c1c(-c2ccccc2)c(-c2ccccc2)cn1N. The molecule has 25 heavy (non-hydrogen) atoms. The molecule has 0 aliphatic heterocycles. The van der Waals surface area contributed by atoms with Crippen LogP contribution in [0.3, 0.4) is 0 Å². The number of aromatic nitrogens is 1. The predicted octanol–water partition coefficient (Wildman–Crippen LogP) is 5.51. The Morgan fingerprint density at radius 1 is 0.640 bits per heavy atom. The molecule has 3 aromatic carbocycles. The van der Waals surface area contributed by atoms with Crippen molar-refractivity contribution in [1.29, 1.82) is 0 Å². The molecule has 4 rings (SSSR count). The monoisotopic (exact) mass is 324 g/mol. The molecule has 0 amide bonds.